The molecule has 2 nitrogen and oxygen atoms in total. The SMILES string of the molecule is CC(=O)C(C)C1CCOCC1. The fourth-order valence-corrected chi connectivity index (χ4v) is 1.55. The summed E-state index contributed by atoms with van der Waals surface area (Å²) in [5.74, 6) is 1.12. The van der Waals surface area contributed by atoms with Crippen LogP contribution in [0.25, 0.3) is 0 Å². The molecule has 1 aliphatic heterocycles. The Balaban J connectivity index is 2.38. The van der Waals surface area contributed by atoms with E-state index in [1.165, 1.54) is 0 Å². The van der Waals surface area contributed by atoms with Crippen LogP contribution in [0.1, 0.15) is 26.7 Å². The largest absolute Gasteiger partial charge is 0.381 e. The van der Waals surface area contributed by atoms with Gasteiger partial charge in [-0.15, -0.1) is 0 Å². The molecule has 1 fully saturated rings. The molecule has 0 aromatic rings. The molecule has 1 heterocycles. The van der Waals surface area contributed by atoms with Crippen molar-refractivity contribution in [3.63, 3.8) is 0 Å². The molecule has 0 radical (unpaired) electrons. The molecular weight excluding hydrogens is 140 g/mol. The zero-order valence-electron chi connectivity index (χ0n) is 7.30. The average molecular weight is 156 g/mol. The van der Waals surface area contributed by atoms with E-state index in [9.17, 15) is 4.79 Å². The van der Waals surface area contributed by atoms with Gasteiger partial charge >= 0.3 is 0 Å². The minimum atomic E-state index is 0.235. The molecular formula is C9H16O2. The highest BCUT2D eigenvalue weighted by molar-refractivity contribution is 5.78. The van der Waals surface area contributed by atoms with Gasteiger partial charge in [-0.05, 0) is 25.7 Å². The van der Waals surface area contributed by atoms with Crippen LogP contribution in [0.5, 0.6) is 0 Å². The Morgan fingerprint density at radius 1 is 1.45 bits per heavy atom. The van der Waals surface area contributed by atoms with E-state index in [0.717, 1.165) is 26.1 Å². The summed E-state index contributed by atoms with van der Waals surface area (Å²) in [4.78, 5) is 11.0. The summed E-state index contributed by atoms with van der Waals surface area (Å²) in [6.07, 6.45) is 2.11. The van der Waals surface area contributed by atoms with Crippen molar-refractivity contribution < 1.29 is 9.53 Å². The van der Waals surface area contributed by atoms with Gasteiger partial charge in [0.2, 0.25) is 0 Å². The lowest BCUT2D eigenvalue weighted by atomic mass is 9.85. The van der Waals surface area contributed by atoms with E-state index >= 15 is 0 Å². The van der Waals surface area contributed by atoms with E-state index in [2.05, 4.69) is 0 Å². The summed E-state index contributed by atoms with van der Waals surface area (Å²) in [7, 11) is 0. The molecule has 0 spiro atoms. The van der Waals surface area contributed by atoms with Crippen LogP contribution in [0, 0.1) is 11.8 Å². The van der Waals surface area contributed by atoms with Crippen molar-refractivity contribution in [2.45, 2.75) is 26.7 Å². The number of hydrogen-bond acceptors (Lipinski definition) is 2. The second-order valence-corrected chi connectivity index (χ2v) is 3.35. The molecule has 1 aliphatic rings. The van der Waals surface area contributed by atoms with Gasteiger partial charge in [-0.25, -0.2) is 0 Å². The fraction of sp³-hybridized carbons (Fsp3) is 0.889. The van der Waals surface area contributed by atoms with Crippen LogP contribution < -0.4 is 0 Å². The lowest BCUT2D eigenvalue weighted by Crippen LogP contribution is -2.25. The molecule has 11 heavy (non-hydrogen) atoms. The zero-order chi connectivity index (χ0) is 8.27. The molecule has 0 aromatic heterocycles. The van der Waals surface area contributed by atoms with Gasteiger partial charge in [0, 0.05) is 19.1 Å². The topological polar surface area (TPSA) is 26.3 Å². The Morgan fingerprint density at radius 2 is 2.00 bits per heavy atom. The summed E-state index contributed by atoms with van der Waals surface area (Å²) in [6.45, 7) is 5.38. The normalized spacial score (nSPS) is 23.1. The maximum absolute atomic E-state index is 11.0. The van der Waals surface area contributed by atoms with Crippen molar-refractivity contribution in [1.29, 1.82) is 0 Å². The van der Waals surface area contributed by atoms with E-state index < -0.39 is 0 Å². The monoisotopic (exact) mass is 156 g/mol. The molecule has 0 bridgehead atoms. The second-order valence-electron chi connectivity index (χ2n) is 3.35. The summed E-state index contributed by atoms with van der Waals surface area (Å²) in [5.41, 5.74) is 0. The van der Waals surface area contributed by atoms with Crippen molar-refractivity contribution in [3.05, 3.63) is 0 Å². The summed E-state index contributed by atoms with van der Waals surface area (Å²) < 4.78 is 5.22. The Morgan fingerprint density at radius 3 is 2.45 bits per heavy atom. The van der Waals surface area contributed by atoms with Gasteiger partial charge in [0.05, 0.1) is 0 Å². The average Bonchev–Trinajstić information content (AvgIpc) is 2.05. The molecule has 2 heteroatoms. The zero-order valence-corrected chi connectivity index (χ0v) is 7.30. The molecule has 64 valence electrons. The standard InChI is InChI=1S/C9H16O2/c1-7(8(2)10)9-3-5-11-6-4-9/h7,9H,3-6H2,1-2H3. The molecule has 0 amide bonds. The van der Waals surface area contributed by atoms with Gasteiger partial charge in [-0.1, -0.05) is 6.92 Å². The van der Waals surface area contributed by atoms with E-state index in [-0.39, 0.29) is 5.92 Å². The molecule has 1 rings (SSSR count). The minimum Gasteiger partial charge on any atom is -0.381 e. The van der Waals surface area contributed by atoms with Crippen LogP contribution in [0.4, 0.5) is 0 Å². The third-order valence-corrected chi connectivity index (χ3v) is 2.61. The van der Waals surface area contributed by atoms with Gasteiger partial charge in [-0.2, -0.15) is 0 Å². The fourth-order valence-electron chi connectivity index (χ4n) is 1.55. The van der Waals surface area contributed by atoms with E-state index in [1.54, 1.807) is 6.92 Å². The van der Waals surface area contributed by atoms with Gasteiger partial charge in [0.15, 0.2) is 0 Å². The first kappa shape index (κ1) is 8.72. The molecule has 0 saturated carbocycles. The van der Waals surface area contributed by atoms with Crippen molar-refractivity contribution in [2.75, 3.05) is 13.2 Å². The predicted molar refractivity (Wildman–Crippen MR) is 43.4 cm³/mol. The van der Waals surface area contributed by atoms with Gasteiger partial charge in [0.25, 0.3) is 0 Å². The minimum absolute atomic E-state index is 0.235. The summed E-state index contributed by atoms with van der Waals surface area (Å²) in [5, 5.41) is 0. The van der Waals surface area contributed by atoms with Crippen LogP contribution in [-0.2, 0) is 9.53 Å². The third-order valence-electron chi connectivity index (χ3n) is 2.61. The Hall–Kier alpha value is -0.370. The number of carbonyl (C=O) groups excluding carboxylic acids is 1. The first-order valence-electron chi connectivity index (χ1n) is 4.30. The van der Waals surface area contributed by atoms with Crippen LogP contribution in [-0.4, -0.2) is 19.0 Å². The maximum atomic E-state index is 11.0. The van der Waals surface area contributed by atoms with E-state index in [1.807, 2.05) is 6.92 Å². The highest BCUT2D eigenvalue weighted by Gasteiger charge is 2.22. The highest BCUT2D eigenvalue weighted by Crippen LogP contribution is 2.23. The first-order valence-corrected chi connectivity index (χ1v) is 4.30. The number of rotatable bonds is 2. The lowest BCUT2D eigenvalue weighted by molar-refractivity contribution is -0.122. The third kappa shape index (κ3) is 2.29. The van der Waals surface area contributed by atoms with E-state index in [0.29, 0.717) is 11.7 Å². The van der Waals surface area contributed by atoms with Crippen LogP contribution in [0.15, 0.2) is 0 Å². The van der Waals surface area contributed by atoms with Gasteiger partial charge in [0.1, 0.15) is 5.78 Å². The number of hydrogen-bond donors (Lipinski definition) is 0. The van der Waals surface area contributed by atoms with Gasteiger partial charge < -0.3 is 4.74 Å². The molecule has 0 N–H and O–H groups in total. The maximum Gasteiger partial charge on any atom is 0.132 e. The number of Topliss-reactive ketones (excluding diaryl/α,β-unsaturated/α-hetero) is 1. The van der Waals surface area contributed by atoms with Crippen molar-refractivity contribution in [1.82, 2.24) is 0 Å². The number of ketones is 1. The highest BCUT2D eigenvalue weighted by atomic mass is 16.5. The van der Waals surface area contributed by atoms with E-state index in [4.69, 9.17) is 4.74 Å². The van der Waals surface area contributed by atoms with Crippen molar-refractivity contribution in [2.24, 2.45) is 11.8 Å². The van der Waals surface area contributed by atoms with Crippen LogP contribution >= 0.6 is 0 Å². The molecule has 0 aliphatic carbocycles. The van der Waals surface area contributed by atoms with Crippen molar-refractivity contribution in [3.8, 4) is 0 Å². The quantitative estimate of drug-likeness (QED) is 0.607. The molecule has 1 saturated heterocycles. The smallest absolute Gasteiger partial charge is 0.132 e. The van der Waals surface area contributed by atoms with Crippen molar-refractivity contribution >= 4 is 5.78 Å². The number of ether oxygens (including phenoxy) is 1. The Labute approximate surface area is 67.9 Å². The predicted octanol–water partition coefficient (Wildman–Crippen LogP) is 1.64. The Kier molecular flexibility index (Phi) is 3.06. The summed E-state index contributed by atoms with van der Waals surface area (Å²) in [6, 6.07) is 0. The summed E-state index contributed by atoms with van der Waals surface area (Å²) >= 11 is 0. The van der Waals surface area contributed by atoms with Gasteiger partial charge in [-0.3, -0.25) is 4.79 Å². The Bertz CT molecular complexity index is 136. The lowest BCUT2D eigenvalue weighted by Gasteiger charge is -2.25. The molecule has 1 atom stereocenters. The second kappa shape index (κ2) is 3.86. The van der Waals surface area contributed by atoms with Crippen LogP contribution in [0.3, 0.4) is 0 Å². The molecule has 1 unspecified atom stereocenters. The first-order chi connectivity index (χ1) is 5.22. The van der Waals surface area contributed by atoms with Crippen LogP contribution in [0.2, 0.25) is 0 Å². The molecule has 0 aromatic carbocycles. The number of carbonyl (C=O) groups is 1.